The molecule has 0 bridgehead atoms. The van der Waals surface area contributed by atoms with Crippen LogP contribution in [0.5, 0.6) is 0 Å². The molecule has 0 radical (unpaired) electrons. The molecule has 1 aromatic heterocycles. The van der Waals surface area contributed by atoms with E-state index in [1.165, 1.54) is 12.3 Å². The highest BCUT2D eigenvalue weighted by Gasteiger charge is 2.33. The normalized spacial score (nSPS) is 15.1. The number of carbonyl (C=O) groups is 2. The van der Waals surface area contributed by atoms with E-state index in [0.29, 0.717) is 5.92 Å². The Bertz CT molecular complexity index is 635. The van der Waals surface area contributed by atoms with Crippen LogP contribution < -0.4 is 5.32 Å². The number of nitrogens with zero attached hydrogens (tertiary/aromatic N) is 1. The first kappa shape index (κ1) is 14.3. The van der Waals surface area contributed by atoms with E-state index >= 15 is 0 Å². The van der Waals surface area contributed by atoms with E-state index in [1.54, 1.807) is 0 Å². The van der Waals surface area contributed by atoms with Gasteiger partial charge < -0.3 is 14.6 Å². The van der Waals surface area contributed by atoms with Crippen LogP contribution in [0.25, 0.3) is 0 Å². The molecular formula is C16H16N2O4. The highest BCUT2D eigenvalue weighted by atomic mass is 16.6. The Labute approximate surface area is 127 Å². The van der Waals surface area contributed by atoms with Gasteiger partial charge in [-0.1, -0.05) is 35.5 Å². The molecule has 1 saturated carbocycles. The molecule has 1 heterocycles. The second-order valence-electron chi connectivity index (χ2n) is 5.25. The van der Waals surface area contributed by atoms with E-state index in [9.17, 15) is 9.59 Å². The van der Waals surface area contributed by atoms with Gasteiger partial charge in [0.1, 0.15) is 0 Å². The van der Waals surface area contributed by atoms with Gasteiger partial charge in [0.15, 0.2) is 6.61 Å². The second kappa shape index (κ2) is 6.43. The molecule has 0 aliphatic heterocycles. The standard InChI is InChI=1S/C16H16N2O4/c19-14(10-21-16(20)13-8-9-17-22-13)18-15(12-6-7-12)11-4-2-1-3-5-11/h1-5,8-9,12,15H,6-7,10H2,(H,18,19)/t15-/m0/s1. The van der Waals surface area contributed by atoms with Crippen molar-refractivity contribution in [3.05, 3.63) is 53.9 Å². The van der Waals surface area contributed by atoms with Gasteiger partial charge in [0.25, 0.3) is 5.91 Å². The Morgan fingerprint density at radius 1 is 1.27 bits per heavy atom. The van der Waals surface area contributed by atoms with E-state index in [1.807, 2.05) is 30.3 Å². The van der Waals surface area contributed by atoms with Gasteiger partial charge in [-0.25, -0.2) is 4.79 Å². The minimum Gasteiger partial charge on any atom is -0.450 e. The summed E-state index contributed by atoms with van der Waals surface area (Å²) in [6.07, 6.45) is 3.53. The molecule has 0 unspecified atom stereocenters. The van der Waals surface area contributed by atoms with Crippen LogP contribution in [0.2, 0.25) is 0 Å². The molecule has 1 N–H and O–H groups in total. The van der Waals surface area contributed by atoms with Crippen molar-refractivity contribution >= 4 is 11.9 Å². The quantitative estimate of drug-likeness (QED) is 0.826. The highest BCUT2D eigenvalue weighted by molar-refractivity contribution is 5.88. The lowest BCUT2D eigenvalue weighted by Crippen LogP contribution is -2.33. The molecule has 0 saturated heterocycles. The van der Waals surface area contributed by atoms with E-state index < -0.39 is 5.97 Å². The third-order valence-electron chi connectivity index (χ3n) is 3.54. The van der Waals surface area contributed by atoms with E-state index in [0.717, 1.165) is 18.4 Å². The number of hydrogen-bond acceptors (Lipinski definition) is 5. The first-order valence-electron chi connectivity index (χ1n) is 7.16. The second-order valence-corrected chi connectivity index (χ2v) is 5.25. The van der Waals surface area contributed by atoms with Gasteiger partial charge in [0.05, 0.1) is 12.2 Å². The van der Waals surface area contributed by atoms with Crippen molar-refractivity contribution in [3.8, 4) is 0 Å². The van der Waals surface area contributed by atoms with Gasteiger partial charge in [-0.05, 0) is 24.3 Å². The lowest BCUT2D eigenvalue weighted by atomic mass is 10.0. The number of carbonyl (C=O) groups excluding carboxylic acids is 2. The minimum absolute atomic E-state index is 0.0189. The topological polar surface area (TPSA) is 81.4 Å². The molecule has 0 spiro atoms. The largest absolute Gasteiger partial charge is 0.450 e. The summed E-state index contributed by atoms with van der Waals surface area (Å²) in [4.78, 5) is 23.6. The zero-order valence-electron chi connectivity index (χ0n) is 11.9. The maximum absolute atomic E-state index is 12.0. The zero-order chi connectivity index (χ0) is 15.4. The summed E-state index contributed by atoms with van der Waals surface area (Å²) >= 11 is 0. The van der Waals surface area contributed by atoms with Crippen LogP contribution in [0, 0.1) is 5.92 Å². The third kappa shape index (κ3) is 3.52. The zero-order valence-corrected chi connectivity index (χ0v) is 11.9. The molecule has 114 valence electrons. The van der Waals surface area contributed by atoms with Crippen molar-refractivity contribution in [1.29, 1.82) is 0 Å². The number of esters is 1. The molecule has 1 amide bonds. The van der Waals surface area contributed by atoms with Crippen LogP contribution in [0.3, 0.4) is 0 Å². The van der Waals surface area contributed by atoms with Gasteiger partial charge in [-0.2, -0.15) is 0 Å². The fourth-order valence-electron chi connectivity index (χ4n) is 2.30. The first-order valence-corrected chi connectivity index (χ1v) is 7.16. The van der Waals surface area contributed by atoms with E-state index in [2.05, 4.69) is 15.0 Å². The number of ether oxygens (including phenoxy) is 1. The lowest BCUT2D eigenvalue weighted by molar-refractivity contribution is -0.125. The minimum atomic E-state index is -0.699. The first-order chi connectivity index (χ1) is 10.7. The molecule has 1 atom stereocenters. The fourth-order valence-corrected chi connectivity index (χ4v) is 2.30. The van der Waals surface area contributed by atoms with Crippen molar-refractivity contribution in [2.75, 3.05) is 6.61 Å². The van der Waals surface area contributed by atoms with Gasteiger partial charge in [-0.15, -0.1) is 0 Å². The van der Waals surface area contributed by atoms with Crippen LogP contribution >= 0.6 is 0 Å². The number of aromatic nitrogens is 1. The van der Waals surface area contributed by atoms with Crippen LogP contribution in [0.15, 0.2) is 47.1 Å². The molecule has 3 rings (SSSR count). The van der Waals surface area contributed by atoms with Crippen molar-refractivity contribution < 1.29 is 18.8 Å². The van der Waals surface area contributed by atoms with Crippen LogP contribution in [-0.2, 0) is 9.53 Å². The summed E-state index contributed by atoms with van der Waals surface area (Å²) in [6.45, 7) is -0.338. The molecule has 1 fully saturated rings. The molecular weight excluding hydrogens is 284 g/mol. The van der Waals surface area contributed by atoms with Crippen molar-refractivity contribution in [2.45, 2.75) is 18.9 Å². The number of rotatable bonds is 6. The summed E-state index contributed by atoms with van der Waals surface area (Å²) < 4.78 is 9.57. The SMILES string of the molecule is O=C(COC(=O)c1ccno1)N[C@@H](c1ccccc1)C1CC1. The number of hydrogen-bond donors (Lipinski definition) is 1. The summed E-state index contributed by atoms with van der Waals surface area (Å²) in [5.74, 6) is -0.588. The predicted molar refractivity (Wildman–Crippen MR) is 76.8 cm³/mol. The third-order valence-corrected chi connectivity index (χ3v) is 3.54. The molecule has 22 heavy (non-hydrogen) atoms. The van der Waals surface area contributed by atoms with Crippen LogP contribution in [0.4, 0.5) is 0 Å². The number of benzene rings is 1. The molecule has 1 aliphatic carbocycles. The summed E-state index contributed by atoms with van der Waals surface area (Å²) in [6, 6.07) is 11.2. The predicted octanol–water partition coefficient (Wildman–Crippen LogP) is 2.10. The smallest absolute Gasteiger partial charge is 0.377 e. The molecule has 1 aliphatic rings. The Morgan fingerprint density at radius 3 is 2.68 bits per heavy atom. The highest BCUT2D eigenvalue weighted by Crippen LogP contribution is 2.40. The van der Waals surface area contributed by atoms with E-state index in [4.69, 9.17) is 4.74 Å². The van der Waals surface area contributed by atoms with Gasteiger partial charge in [0, 0.05) is 6.07 Å². The average Bonchev–Trinajstić information content (AvgIpc) is 3.24. The maximum atomic E-state index is 12.0. The van der Waals surface area contributed by atoms with Gasteiger partial charge in [-0.3, -0.25) is 4.79 Å². The Morgan fingerprint density at radius 2 is 2.05 bits per heavy atom. The molecule has 2 aromatic rings. The van der Waals surface area contributed by atoms with Gasteiger partial charge >= 0.3 is 5.97 Å². The van der Waals surface area contributed by atoms with Crippen molar-refractivity contribution in [3.63, 3.8) is 0 Å². The summed E-state index contributed by atoms with van der Waals surface area (Å²) in [5, 5.41) is 6.35. The van der Waals surface area contributed by atoms with E-state index in [-0.39, 0.29) is 24.3 Å². The monoisotopic (exact) mass is 300 g/mol. The Balaban J connectivity index is 1.55. The Kier molecular flexibility index (Phi) is 4.18. The fraction of sp³-hybridized carbons (Fsp3) is 0.312. The molecule has 1 aromatic carbocycles. The Hall–Kier alpha value is -2.63. The lowest BCUT2D eigenvalue weighted by Gasteiger charge is -2.18. The van der Waals surface area contributed by atoms with Crippen molar-refractivity contribution in [1.82, 2.24) is 10.5 Å². The molecule has 6 heteroatoms. The maximum Gasteiger partial charge on any atom is 0.377 e. The van der Waals surface area contributed by atoms with Crippen molar-refractivity contribution in [2.24, 2.45) is 5.92 Å². The number of nitrogens with one attached hydrogen (secondary N) is 1. The van der Waals surface area contributed by atoms with Crippen LogP contribution in [-0.4, -0.2) is 23.6 Å². The molecule has 6 nitrogen and oxygen atoms in total. The number of amides is 1. The van der Waals surface area contributed by atoms with Crippen LogP contribution in [0.1, 0.15) is 35.0 Å². The van der Waals surface area contributed by atoms with Gasteiger partial charge in [0.2, 0.25) is 5.76 Å². The summed E-state index contributed by atoms with van der Waals surface area (Å²) in [7, 11) is 0. The average molecular weight is 300 g/mol. The summed E-state index contributed by atoms with van der Waals surface area (Å²) in [5.41, 5.74) is 1.07.